The van der Waals surface area contributed by atoms with E-state index in [4.69, 9.17) is 11.6 Å². The van der Waals surface area contributed by atoms with Crippen LogP contribution in [0.3, 0.4) is 0 Å². The smallest absolute Gasteiger partial charge is 0.416 e. The first-order chi connectivity index (χ1) is 17.5. The Bertz CT molecular complexity index is 1350. The fourth-order valence-electron chi connectivity index (χ4n) is 4.58. The number of aromatic amines is 1. The predicted molar refractivity (Wildman–Crippen MR) is 141 cm³/mol. The van der Waals surface area contributed by atoms with Gasteiger partial charge in [-0.2, -0.15) is 13.2 Å². The second kappa shape index (κ2) is 11.5. The lowest BCUT2D eigenvalue weighted by Gasteiger charge is -2.29. The Morgan fingerprint density at radius 2 is 1.92 bits per heavy atom. The Labute approximate surface area is 222 Å². The van der Waals surface area contributed by atoms with Gasteiger partial charge in [0.15, 0.2) is 0 Å². The highest BCUT2D eigenvalue weighted by Crippen LogP contribution is 2.42. The number of halogens is 4. The number of fused-ring (bicyclic) bond motifs is 1. The van der Waals surface area contributed by atoms with E-state index in [1.54, 1.807) is 0 Å². The Morgan fingerprint density at radius 1 is 1.19 bits per heavy atom. The molecule has 0 amide bonds. The summed E-state index contributed by atoms with van der Waals surface area (Å²) in [7, 11) is 0. The molecule has 0 unspecified atom stereocenters. The number of aromatic hydroxyl groups is 1. The second-order valence-corrected chi connectivity index (χ2v) is 11.0. The number of carbonyl (C=O) groups is 1. The second-order valence-electron chi connectivity index (χ2n) is 9.53. The van der Waals surface area contributed by atoms with Gasteiger partial charge in [-0.15, -0.1) is 11.8 Å². The van der Waals surface area contributed by atoms with E-state index in [1.165, 1.54) is 24.3 Å². The number of aromatic nitrogens is 1. The summed E-state index contributed by atoms with van der Waals surface area (Å²) in [5, 5.41) is 10.9. The molecule has 198 valence electrons. The number of likely N-dealkylation sites (tertiary alicyclic amines) is 1. The van der Waals surface area contributed by atoms with Crippen molar-refractivity contribution in [1.82, 2.24) is 9.88 Å². The summed E-state index contributed by atoms with van der Waals surface area (Å²) in [6, 6.07) is 7.17. The zero-order valence-electron chi connectivity index (χ0n) is 20.3. The number of hydrogen-bond acceptors (Lipinski definition) is 5. The third kappa shape index (κ3) is 6.69. The van der Waals surface area contributed by atoms with Crippen LogP contribution < -0.4 is 5.56 Å². The van der Waals surface area contributed by atoms with Crippen LogP contribution in [0.25, 0.3) is 22.0 Å². The molecule has 0 radical (unpaired) electrons. The van der Waals surface area contributed by atoms with Crippen molar-refractivity contribution in [3.63, 3.8) is 0 Å². The number of nitrogens with one attached hydrogen (secondary N) is 1. The van der Waals surface area contributed by atoms with Gasteiger partial charge in [0, 0.05) is 33.5 Å². The molecule has 0 atom stereocenters. The molecule has 1 aliphatic heterocycles. The molecule has 0 aliphatic carbocycles. The van der Waals surface area contributed by atoms with E-state index in [2.05, 4.69) is 16.8 Å². The lowest BCUT2D eigenvalue weighted by molar-refractivity contribution is -0.137. The minimum atomic E-state index is -4.60. The van der Waals surface area contributed by atoms with Crippen molar-refractivity contribution in [3.8, 4) is 16.9 Å². The monoisotopic (exact) mass is 552 g/mol. The number of carbonyl (C=O) groups excluding carboxylic acids is 1. The van der Waals surface area contributed by atoms with Crippen molar-refractivity contribution in [2.45, 2.75) is 43.7 Å². The van der Waals surface area contributed by atoms with Gasteiger partial charge >= 0.3 is 6.18 Å². The first kappa shape index (κ1) is 27.5. The van der Waals surface area contributed by atoms with E-state index in [-0.39, 0.29) is 49.2 Å². The summed E-state index contributed by atoms with van der Waals surface area (Å²) < 4.78 is 40.5. The molecule has 1 aliphatic rings. The molecule has 5 nitrogen and oxygen atoms in total. The molecule has 37 heavy (non-hydrogen) atoms. The molecule has 2 heterocycles. The van der Waals surface area contributed by atoms with Crippen molar-refractivity contribution in [1.29, 1.82) is 0 Å². The van der Waals surface area contributed by atoms with E-state index in [1.807, 2.05) is 0 Å². The highest BCUT2D eigenvalue weighted by Gasteiger charge is 2.31. The number of nitrogens with zero attached hydrogens (tertiary/aromatic N) is 1. The van der Waals surface area contributed by atoms with Crippen LogP contribution in [0.15, 0.2) is 46.1 Å². The van der Waals surface area contributed by atoms with Gasteiger partial charge in [-0.25, -0.2) is 0 Å². The lowest BCUT2D eigenvalue weighted by atomic mass is 9.98. The number of pyridine rings is 1. The molecule has 1 saturated heterocycles. The fraction of sp³-hybridized carbons (Fsp3) is 0.407. The van der Waals surface area contributed by atoms with Gasteiger partial charge in [0.2, 0.25) is 0 Å². The van der Waals surface area contributed by atoms with Crippen molar-refractivity contribution in [2.75, 3.05) is 25.4 Å². The Hall–Kier alpha value is -2.49. The normalized spacial score (nSPS) is 15.4. The minimum Gasteiger partial charge on any atom is -0.507 e. The number of piperidine rings is 1. The SMILES string of the molecule is CC1CCN(CCCC(=O)CSc2c(-c3cc(Cl)ccc3O)c3cc(C(F)(F)F)ccc3[nH]c2=O)CC1. The summed E-state index contributed by atoms with van der Waals surface area (Å²) in [5.74, 6) is 0.423. The quantitative estimate of drug-likeness (QED) is 0.303. The summed E-state index contributed by atoms with van der Waals surface area (Å²) in [6.07, 6.45) is -1.24. The van der Waals surface area contributed by atoms with Crippen LogP contribution in [0.4, 0.5) is 13.2 Å². The number of phenolic OH excluding ortho intramolecular Hbond substituents is 1. The largest absolute Gasteiger partial charge is 0.507 e. The molecule has 2 aromatic carbocycles. The van der Waals surface area contributed by atoms with Crippen LogP contribution in [-0.4, -0.2) is 46.2 Å². The van der Waals surface area contributed by atoms with Gasteiger partial charge in [0.25, 0.3) is 5.56 Å². The van der Waals surface area contributed by atoms with Gasteiger partial charge in [-0.05, 0) is 81.2 Å². The zero-order chi connectivity index (χ0) is 26.7. The van der Waals surface area contributed by atoms with E-state index in [9.17, 15) is 27.9 Å². The lowest BCUT2D eigenvalue weighted by Crippen LogP contribution is -2.33. The first-order valence-corrected chi connectivity index (χ1v) is 13.5. The Balaban J connectivity index is 1.62. The molecule has 0 bridgehead atoms. The highest BCUT2D eigenvalue weighted by atomic mass is 35.5. The van der Waals surface area contributed by atoms with Crippen molar-refractivity contribution < 1.29 is 23.1 Å². The number of benzene rings is 2. The minimum absolute atomic E-state index is 0.0150. The number of rotatable bonds is 8. The first-order valence-electron chi connectivity index (χ1n) is 12.2. The predicted octanol–water partition coefficient (Wildman–Crippen LogP) is 6.75. The van der Waals surface area contributed by atoms with E-state index in [0.717, 1.165) is 62.3 Å². The maximum Gasteiger partial charge on any atom is 0.416 e. The van der Waals surface area contributed by atoms with Gasteiger partial charge in [-0.1, -0.05) is 18.5 Å². The van der Waals surface area contributed by atoms with Gasteiger partial charge < -0.3 is 15.0 Å². The number of hydrogen-bond donors (Lipinski definition) is 2. The zero-order valence-corrected chi connectivity index (χ0v) is 21.9. The van der Waals surface area contributed by atoms with Gasteiger partial charge in [-0.3, -0.25) is 9.59 Å². The van der Waals surface area contributed by atoms with Crippen molar-refractivity contribution in [3.05, 3.63) is 57.3 Å². The number of thioether (sulfide) groups is 1. The van der Waals surface area contributed by atoms with Crippen LogP contribution in [0, 0.1) is 5.92 Å². The standard InChI is InChI=1S/C27H28ClF3N2O3S/c1-16-8-11-33(12-9-16)10-2-3-19(34)15-37-25-24(21-14-18(28)5-7-23(21)35)20-13-17(27(29,30)31)4-6-22(20)32-26(25)36/h4-7,13-14,16,35H,2-3,8-12,15H2,1H3,(H,32,36). The number of H-pyrrole nitrogens is 1. The van der Waals surface area contributed by atoms with Gasteiger partial charge in [0.05, 0.1) is 16.2 Å². The van der Waals surface area contributed by atoms with E-state index < -0.39 is 17.3 Å². The van der Waals surface area contributed by atoms with Crippen LogP contribution >= 0.6 is 23.4 Å². The number of ketones is 1. The number of alkyl halides is 3. The Kier molecular flexibility index (Phi) is 8.56. The van der Waals surface area contributed by atoms with Crippen LogP contribution in [-0.2, 0) is 11.0 Å². The maximum atomic E-state index is 13.5. The molecule has 0 spiro atoms. The fourth-order valence-corrected chi connectivity index (χ4v) is 5.74. The molecule has 3 aromatic rings. The average molecular weight is 553 g/mol. The average Bonchev–Trinajstić information content (AvgIpc) is 2.84. The third-order valence-electron chi connectivity index (χ3n) is 6.71. The van der Waals surface area contributed by atoms with Crippen LogP contribution in [0.1, 0.15) is 38.2 Å². The third-order valence-corrected chi connectivity index (χ3v) is 8.09. The summed E-state index contributed by atoms with van der Waals surface area (Å²) in [5.41, 5.74) is -1.03. The summed E-state index contributed by atoms with van der Waals surface area (Å²) in [6.45, 7) is 5.14. The van der Waals surface area contributed by atoms with Crippen LogP contribution in [0.2, 0.25) is 5.02 Å². The molecule has 1 aromatic heterocycles. The molecule has 10 heteroatoms. The number of phenols is 1. The van der Waals surface area contributed by atoms with Crippen LogP contribution in [0.5, 0.6) is 5.75 Å². The molecule has 1 fully saturated rings. The molecular weight excluding hydrogens is 525 g/mol. The maximum absolute atomic E-state index is 13.5. The summed E-state index contributed by atoms with van der Waals surface area (Å²) in [4.78, 5) is 30.7. The molecule has 2 N–H and O–H groups in total. The highest BCUT2D eigenvalue weighted by molar-refractivity contribution is 8.00. The molecular formula is C27H28ClF3N2O3S. The van der Waals surface area contributed by atoms with Gasteiger partial charge in [0.1, 0.15) is 11.5 Å². The molecule has 0 saturated carbocycles. The van der Waals surface area contributed by atoms with Crippen molar-refractivity contribution in [2.24, 2.45) is 5.92 Å². The topological polar surface area (TPSA) is 73.4 Å². The van der Waals surface area contributed by atoms with E-state index >= 15 is 0 Å². The molecule has 4 rings (SSSR count). The summed E-state index contributed by atoms with van der Waals surface area (Å²) >= 11 is 7.09. The number of Topliss-reactive ketones (excluding diaryl/α,β-unsaturated/α-hetero) is 1. The van der Waals surface area contributed by atoms with Crippen molar-refractivity contribution >= 4 is 40.0 Å². The van der Waals surface area contributed by atoms with E-state index in [0.29, 0.717) is 12.8 Å². The Morgan fingerprint density at radius 3 is 2.62 bits per heavy atom.